The van der Waals surface area contributed by atoms with Crippen molar-refractivity contribution in [1.82, 2.24) is 5.32 Å². The zero-order valence-electron chi connectivity index (χ0n) is 15.3. The molecule has 0 atom stereocenters. The summed E-state index contributed by atoms with van der Waals surface area (Å²) in [5.41, 5.74) is 12.0. The van der Waals surface area contributed by atoms with Gasteiger partial charge in [-0.15, -0.1) is 0 Å². The molecule has 0 unspecified atom stereocenters. The van der Waals surface area contributed by atoms with Crippen LogP contribution < -0.4 is 26.8 Å². The van der Waals surface area contributed by atoms with Crippen molar-refractivity contribution in [2.24, 2.45) is 5.73 Å². The number of nitrogens with one attached hydrogen (secondary N) is 2. The number of hydrogen-bond acceptors (Lipinski definition) is 6. The maximum Gasteiger partial charge on any atom is 0.407 e. The van der Waals surface area contributed by atoms with Crippen LogP contribution in [0.4, 0.5) is 16.2 Å². The van der Waals surface area contributed by atoms with Crippen molar-refractivity contribution in [2.75, 3.05) is 31.2 Å². The highest BCUT2D eigenvalue weighted by Gasteiger charge is 2.15. The normalized spacial score (nSPS) is 10.9. The van der Waals surface area contributed by atoms with Gasteiger partial charge in [-0.25, -0.2) is 4.79 Å². The van der Waals surface area contributed by atoms with Crippen LogP contribution in [0.15, 0.2) is 12.1 Å². The molecule has 0 fully saturated rings. The summed E-state index contributed by atoms with van der Waals surface area (Å²) < 4.78 is 10.4. The zero-order valence-corrected chi connectivity index (χ0v) is 15.3. The van der Waals surface area contributed by atoms with E-state index in [1.54, 1.807) is 6.07 Å². The lowest BCUT2D eigenvalue weighted by molar-refractivity contribution is 0.0527. The van der Waals surface area contributed by atoms with Gasteiger partial charge in [0, 0.05) is 18.7 Å². The summed E-state index contributed by atoms with van der Waals surface area (Å²) in [4.78, 5) is 22.8. The first kappa shape index (κ1) is 20.4. The average molecular weight is 352 g/mol. The Bertz CT molecular complexity index is 611. The summed E-state index contributed by atoms with van der Waals surface area (Å²) in [6.07, 6.45) is 1.15. The highest BCUT2D eigenvalue weighted by atomic mass is 16.6. The maximum atomic E-state index is 11.5. The summed E-state index contributed by atoms with van der Waals surface area (Å²) in [6.45, 7) is 6.60. The van der Waals surface area contributed by atoms with Gasteiger partial charge in [-0.05, 0) is 45.7 Å². The highest BCUT2D eigenvalue weighted by molar-refractivity contribution is 5.96. The SMILES string of the molecule is COc1cc(C(N)=O)cc(N)c1NCCCCNC(=O)OC(C)(C)C. The van der Waals surface area contributed by atoms with Crippen LogP contribution in [0.25, 0.3) is 0 Å². The summed E-state index contributed by atoms with van der Waals surface area (Å²) >= 11 is 0. The molecule has 0 saturated heterocycles. The minimum Gasteiger partial charge on any atom is -0.494 e. The molecule has 0 aliphatic heterocycles. The fourth-order valence-electron chi connectivity index (χ4n) is 2.10. The second-order valence-electron chi connectivity index (χ2n) is 6.57. The number of nitrogen functional groups attached to an aromatic ring is 1. The fraction of sp³-hybridized carbons (Fsp3) is 0.529. The molecule has 0 aromatic heterocycles. The van der Waals surface area contributed by atoms with E-state index in [1.807, 2.05) is 20.8 Å². The van der Waals surface area contributed by atoms with E-state index in [4.69, 9.17) is 20.9 Å². The van der Waals surface area contributed by atoms with E-state index in [1.165, 1.54) is 13.2 Å². The van der Waals surface area contributed by atoms with Crippen molar-refractivity contribution >= 4 is 23.4 Å². The van der Waals surface area contributed by atoms with Gasteiger partial charge in [-0.3, -0.25) is 4.79 Å². The van der Waals surface area contributed by atoms with E-state index in [9.17, 15) is 9.59 Å². The lowest BCUT2D eigenvalue weighted by Gasteiger charge is -2.19. The molecule has 0 saturated carbocycles. The first-order chi connectivity index (χ1) is 11.6. The third kappa shape index (κ3) is 7.19. The number of anilines is 2. The molecule has 0 aliphatic rings. The first-order valence-corrected chi connectivity index (χ1v) is 8.12. The number of unbranched alkanes of at least 4 members (excludes halogenated alkanes) is 1. The van der Waals surface area contributed by atoms with Gasteiger partial charge in [-0.2, -0.15) is 0 Å². The number of hydrogen-bond donors (Lipinski definition) is 4. The molecule has 1 rings (SSSR count). The Hall–Kier alpha value is -2.64. The van der Waals surface area contributed by atoms with Crippen molar-refractivity contribution in [3.63, 3.8) is 0 Å². The van der Waals surface area contributed by atoms with Gasteiger partial charge >= 0.3 is 6.09 Å². The van der Waals surface area contributed by atoms with Crippen LogP contribution in [-0.2, 0) is 4.74 Å². The van der Waals surface area contributed by atoms with Gasteiger partial charge in [0.2, 0.25) is 5.91 Å². The number of amides is 2. The molecule has 6 N–H and O–H groups in total. The van der Waals surface area contributed by atoms with E-state index in [0.717, 1.165) is 12.8 Å². The number of ether oxygens (including phenoxy) is 2. The van der Waals surface area contributed by atoms with Crippen LogP contribution in [0.2, 0.25) is 0 Å². The Morgan fingerprint density at radius 3 is 2.36 bits per heavy atom. The van der Waals surface area contributed by atoms with Crippen LogP contribution >= 0.6 is 0 Å². The molecular formula is C17H28N4O4. The van der Waals surface area contributed by atoms with Gasteiger partial charge in [0.05, 0.1) is 12.8 Å². The third-order valence-electron chi connectivity index (χ3n) is 3.21. The first-order valence-electron chi connectivity index (χ1n) is 8.12. The second-order valence-corrected chi connectivity index (χ2v) is 6.57. The van der Waals surface area contributed by atoms with Crippen molar-refractivity contribution in [1.29, 1.82) is 0 Å². The molecule has 0 radical (unpaired) electrons. The van der Waals surface area contributed by atoms with E-state index in [0.29, 0.717) is 35.8 Å². The van der Waals surface area contributed by atoms with Crippen LogP contribution in [-0.4, -0.2) is 37.8 Å². The summed E-state index contributed by atoms with van der Waals surface area (Å²) in [7, 11) is 1.50. The Kier molecular flexibility index (Phi) is 7.35. The lowest BCUT2D eigenvalue weighted by atomic mass is 10.1. The van der Waals surface area contributed by atoms with E-state index >= 15 is 0 Å². The van der Waals surface area contributed by atoms with Crippen molar-refractivity contribution in [3.8, 4) is 5.75 Å². The molecule has 0 heterocycles. The number of rotatable bonds is 8. The van der Waals surface area contributed by atoms with Gasteiger partial charge in [0.15, 0.2) is 0 Å². The Labute approximate surface area is 148 Å². The molecule has 140 valence electrons. The topological polar surface area (TPSA) is 129 Å². The maximum absolute atomic E-state index is 11.5. The molecule has 8 heteroatoms. The Morgan fingerprint density at radius 1 is 1.16 bits per heavy atom. The van der Waals surface area contributed by atoms with Crippen LogP contribution in [0.1, 0.15) is 44.0 Å². The van der Waals surface area contributed by atoms with Crippen LogP contribution in [0, 0.1) is 0 Å². The summed E-state index contributed by atoms with van der Waals surface area (Å²) in [5.74, 6) is -0.106. The fourth-order valence-corrected chi connectivity index (χ4v) is 2.10. The predicted molar refractivity (Wildman–Crippen MR) is 97.9 cm³/mol. The quantitative estimate of drug-likeness (QED) is 0.419. The molecule has 0 spiro atoms. The molecule has 25 heavy (non-hydrogen) atoms. The lowest BCUT2D eigenvalue weighted by Crippen LogP contribution is -2.33. The molecule has 8 nitrogen and oxygen atoms in total. The smallest absolute Gasteiger partial charge is 0.407 e. The summed E-state index contributed by atoms with van der Waals surface area (Å²) in [5, 5.41) is 5.88. The number of carbonyl (C=O) groups excluding carboxylic acids is 2. The van der Waals surface area contributed by atoms with E-state index in [2.05, 4.69) is 10.6 Å². The van der Waals surface area contributed by atoms with Gasteiger partial charge in [-0.1, -0.05) is 0 Å². The minimum atomic E-state index is -0.565. The number of alkyl carbamates (subject to hydrolysis) is 1. The number of benzene rings is 1. The molecule has 2 amide bonds. The van der Waals surface area contributed by atoms with Gasteiger partial charge < -0.3 is 31.6 Å². The molecule has 1 aromatic rings. The number of nitrogens with two attached hydrogens (primary N) is 2. The molecule has 1 aromatic carbocycles. The monoisotopic (exact) mass is 352 g/mol. The Morgan fingerprint density at radius 2 is 1.80 bits per heavy atom. The minimum absolute atomic E-state index is 0.293. The second kappa shape index (κ2) is 9.00. The number of methoxy groups -OCH3 is 1. The van der Waals surface area contributed by atoms with Crippen molar-refractivity contribution < 1.29 is 19.1 Å². The zero-order chi connectivity index (χ0) is 19.0. The van der Waals surface area contributed by atoms with Gasteiger partial charge in [0.1, 0.15) is 17.0 Å². The molecule has 0 bridgehead atoms. The van der Waals surface area contributed by atoms with Crippen molar-refractivity contribution in [2.45, 2.75) is 39.2 Å². The highest BCUT2D eigenvalue weighted by Crippen LogP contribution is 2.32. The van der Waals surface area contributed by atoms with E-state index < -0.39 is 17.6 Å². The number of carbonyl (C=O) groups is 2. The summed E-state index contributed by atoms with van der Waals surface area (Å²) in [6, 6.07) is 3.06. The third-order valence-corrected chi connectivity index (χ3v) is 3.21. The molecule has 0 aliphatic carbocycles. The van der Waals surface area contributed by atoms with Crippen molar-refractivity contribution in [3.05, 3.63) is 17.7 Å². The average Bonchev–Trinajstić information content (AvgIpc) is 2.49. The number of primary amides is 1. The van der Waals surface area contributed by atoms with Crippen LogP contribution in [0.5, 0.6) is 5.75 Å². The predicted octanol–water partition coefficient (Wildman–Crippen LogP) is 2.09. The standard InChI is InChI=1S/C17H28N4O4/c1-17(2,3)25-16(23)21-8-6-5-7-20-14-12(18)9-11(15(19)22)10-13(14)24-4/h9-10,20H,5-8,18H2,1-4H3,(H2,19,22)(H,21,23). The largest absolute Gasteiger partial charge is 0.494 e. The van der Waals surface area contributed by atoms with Gasteiger partial charge in [0.25, 0.3) is 0 Å². The molecular weight excluding hydrogens is 324 g/mol. The van der Waals surface area contributed by atoms with Crippen LogP contribution in [0.3, 0.4) is 0 Å². The Balaban J connectivity index is 2.42. The van der Waals surface area contributed by atoms with E-state index in [-0.39, 0.29) is 0 Å².